The first-order valence-corrected chi connectivity index (χ1v) is 8.34. The van der Waals surface area contributed by atoms with Crippen molar-refractivity contribution in [2.24, 2.45) is 23.0 Å². The van der Waals surface area contributed by atoms with Gasteiger partial charge in [-0.1, -0.05) is 20.8 Å². The lowest BCUT2D eigenvalue weighted by atomic mass is 9.69. The summed E-state index contributed by atoms with van der Waals surface area (Å²) in [5, 5.41) is 0.267. The van der Waals surface area contributed by atoms with E-state index in [1.807, 2.05) is 0 Å². The zero-order chi connectivity index (χ0) is 13.8. The van der Waals surface area contributed by atoms with Gasteiger partial charge >= 0.3 is 0 Å². The summed E-state index contributed by atoms with van der Waals surface area (Å²) < 4.78 is 17.4. The van der Waals surface area contributed by atoms with Crippen LogP contribution in [0.15, 0.2) is 0 Å². The van der Waals surface area contributed by atoms with Gasteiger partial charge in [-0.3, -0.25) is 4.21 Å². The lowest BCUT2D eigenvalue weighted by molar-refractivity contribution is 0.155. The van der Waals surface area contributed by atoms with Gasteiger partial charge in [0.2, 0.25) is 0 Å². The second kappa shape index (κ2) is 7.01. The van der Waals surface area contributed by atoms with Crippen molar-refractivity contribution in [3.8, 4) is 0 Å². The molecule has 1 aliphatic carbocycles. The third kappa shape index (κ3) is 4.32. The highest BCUT2D eigenvalue weighted by atomic mass is 32.2. The number of ether oxygens (including phenoxy) is 1. The van der Waals surface area contributed by atoms with Crippen LogP contribution in [-0.4, -0.2) is 35.5 Å². The molecule has 0 radical (unpaired) electrons. The minimum atomic E-state index is -0.797. The molecule has 18 heavy (non-hydrogen) atoms. The van der Waals surface area contributed by atoms with E-state index >= 15 is 0 Å². The fraction of sp³-hybridized carbons (Fsp3) is 1.00. The van der Waals surface area contributed by atoms with Crippen LogP contribution in [0, 0.1) is 17.3 Å². The molecular formula is C14H29NO2S. The summed E-state index contributed by atoms with van der Waals surface area (Å²) in [6.07, 6.45) is 3.41. The Morgan fingerprint density at radius 3 is 2.50 bits per heavy atom. The maximum atomic E-state index is 12.4. The summed E-state index contributed by atoms with van der Waals surface area (Å²) in [4.78, 5) is 0. The van der Waals surface area contributed by atoms with Gasteiger partial charge in [0.15, 0.2) is 0 Å². The van der Waals surface area contributed by atoms with Gasteiger partial charge in [0.25, 0.3) is 0 Å². The van der Waals surface area contributed by atoms with Crippen molar-refractivity contribution >= 4 is 10.8 Å². The Hall–Kier alpha value is 0.0700. The fourth-order valence-electron chi connectivity index (χ4n) is 2.89. The smallest absolute Gasteiger partial charge is 0.0577 e. The Labute approximate surface area is 114 Å². The SMILES string of the molecule is COCCS(=O)C1CC(C(C)(C)C)CCC1CN. The van der Waals surface area contributed by atoms with Crippen molar-refractivity contribution < 1.29 is 8.95 Å². The van der Waals surface area contributed by atoms with E-state index in [0.29, 0.717) is 36.2 Å². The summed E-state index contributed by atoms with van der Waals surface area (Å²) in [6, 6.07) is 0. The topological polar surface area (TPSA) is 52.3 Å². The summed E-state index contributed by atoms with van der Waals surface area (Å²) >= 11 is 0. The Bertz CT molecular complexity index is 275. The lowest BCUT2D eigenvalue weighted by Crippen LogP contribution is -2.41. The second-order valence-corrected chi connectivity index (χ2v) is 8.26. The molecule has 0 amide bonds. The average Bonchev–Trinajstić information content (AvgIpc) is 2.34. The van der Waals surface area contributed by atoms with E-state index in [0.717, 1.165) is 12.8 Å². The van der Waals surface area contributed by atoms with Crippen LogP contribution in [-0.2, 0) is 15.5 Å². The van der Waals surface area contributed by atoms with Gasteiger partial charge in [0, 0.05) is 28.9 Å². The quantitative estimate of drug-likeness (QED) is 0.836. The number of hydrogen-bond donors (Lipinski definition) is 1. The summed E-state index contributed by atoms with van der Waals surface area (Å²) in [5.41, 5.74) is 6.16. The molecule has 1 rings (SSSR count). The van der Waals surface area contributed by atoms with Crippen molar-refractivity contribution in [2.75, 3.05) is 26.0 Å². The Balaban J connectivity index is 2.67. The third-order valence-electron chi connectivity index (χ3n) is 4.28. The van der Waals surface area contributed by atoms with Gasteiger partial charge in [0.1, 0.15) is 0 Å². The summed E-state index contributed by atoms with van der Waals surface area (Å²) in [5.74, 6) is 1.74. The first-order chi connectivity index (χ1) is 8.40. The Morgan fingerprint density at radius 1 is 1.33 bits per heavy atom. The molecule has 3 nitrogen and oxygen atoms in total. The minimum Gasteiger partial charge on any atom is -0.384 e. The predicted molar refractivity (Wildman–Crippen MR) is 78.0 cm³/mol. The van der Waals surface area contributed by atoms with Crippen LogP contribution in [0.4, 0.5) is 0 Å². The van der Waals surface area contributed by atoms with E-state index in [9.17, 15) is 4.21 Å². The van der Waals surface area contributed by atoms with Crippen molar-refractivity contribution in [3.63, 3.8) is 0 Å². The predicted octanol–water partition coefficient (Wildman–Crippen LogP) is 2.17. The molecule has 0 heterocycles. The van der Waals surface area contributed by atoms with Gasteiger partial charge in [0.05, 0.1) is 6.61 Å². The third-order valence-corrected chi connectivity index (χ3v) is 6.10. The normalized spacial score (nSPS) is 31.3. The van der Waals surface area contributed by atoms with Crippen LogP contribution < -0.4 is 5.73 Å². The Morgan fingerprint density at radius 2 is 2.00 bits per heavy atom. The number of hydrogen-bond acceptors (Lipinski definition) is 3. The van der Waals surface area contributed by atoms with E-state index < -0.39 is 10.8 Å². The molecule has 1 fully saturated rings. The van der Waals surface area contributed by atoms with Crippen LogP contribution in [0.25, 0.3) is 0 Å². The average molecular weight is 275 g/mol. The van der Waals surface area contributed by atoms with Crippen molar-refractivity contribution in [1.29, 1.82) is 0 Å². The molecule has 0 saturated heterocycles. The summed E-state index contributed by atoms with van der Waals surface area (Å²) in [6.45, 7) is 8.11. The van der Waals surface area contributed by atoms with Gasteiger partial charge in [-0.05, 0) is 43.1 Å². The van der Waals surface area contributed by atoms with E-state index in [1.54, 1.807) is 7.11 Å². The van der Waals surface area contributed by atoms with Crippen LogP contribution in [0.5, 0.6) is 0 Å². The first-order valence-electron chi connectivity index (χ1n) is 6.96. The van der Waals surface area contributed by atoms with Crippen molar-refractivity contribution in [2.45, 2.75) is 45.3 Å². The standard InChI is InChI=1S/C14H29NO2S/c1-14(2,3)12-6-5-11(10-15)13(9-12)18(16)8-7-17-4/h11-13H,5-10,15H2,1-4H3. The van der Waals surface area contributed by atoms with E-state index in [1.165, 1.54) is 6.42 Å². The van der Waals surface area contributed by atoms with E-state index in [-0.39, 0.29) is 5.25 Å². The molecule has 2 N–H and O–H groups in total. The summed E-state index contributed by atoms with van der Waals surface area (Å²) in [7, 11) is 0.866. The van der Waals surface area contributed by atoms with Crippen molar-refractivity contribution in [1.82, 2.24) is 0 Å². The fourth-order valence-corrected chi connectivity index (χ4v) is 4.64. The maximum Gasteiger partial charge on any atom is 0.0577 e. The molecule has 0 bridgehead atoms. The molecule has 0 aromatic carbocycles. The molecular weight excluding hydrogens is 246 g/mol. The monoisotopic (exact) mass is 275 g/mol. The number of methoxy groups -OCH3 is 1. The Kier molecular flexibility index (Phi) is 6.28. The molecule has 4 atom stereocenters. The maximum absolute atomic E-state index is 12.4. The van der Waals surface area contributed by atoms with Gasteiger partial charge in [-0.2, -0.15) is 0 Å². The van der Waals surface area contributed by atoms with Crippen molar-refractivity contribution in [3.05, 3.63) is 0 Å². The minimum absolute atomic E-state index is 0.267. The zero-order valence-corrected chi connectivity index (χ0v) is 13.1. The molecule has 0 aromatic heterocycles. The lowest BCUT2D eigenvalue weighted by Gasteiger charge is -2.41. The molecule has 1 aliphatic rings. The molecule has 108 valence electrons. The number of rotatable bonds is 5. The van der Waals surface area contributed by atoms with Crippen LogP contribution >= 0.6 is 0 Å². The molecule has 0 aromatic rings. The molecule has 4 heteroatoms. The molecule has 0 aliphatic heterocycles. The molecule has 0 spiro atoms. The van der Waals surface area contributed by atoms with E-state index in [4.69, 9.17) is 10.5 Å². The second-order valence-electron chi connectivity index (χ2n) is 6.49. The highest BCUT2D eigenvalue weighted by molar-refractivity contribution is 7.85. The van der Waals surface area contributed by atoms with Gasteiger partial charge in [-0.15, -0.1) is 0 Å². The largest absolute Gasteiger partial charge is 0.384 e. The van der Waals surface area contributed by atoms with Crippen LogP contribution in [0.1, 0.15) is 40.0 Å². The highest BCUT2D eigenvalue weighted by Crippen LogP contribution is 2.41. The van der Waals surface area contributed by atoms with Gasteiger partial charge < -0.3 is 10.5 Å². The van der Waals surface area contributed by atoms with Crippen LogP contribution in [0.2, 0.25) is 0 Å². The molecule has 4 unspecified atom stereocenters. The highest BCUT2D eigenvalue weighted by Gasteiger charge is 2.37. The van der Waals surface area contributed by atoms with E-state index in [2.05, 4.69) is 20.8 Å². The zero-order valence-electron chi connectivity index (χ0n) is 12.3. The first kappa shape index (κ1) is 16.1. The molecule has 1 saturated carbocycles. The van der Waals surface area contributed by atoms with Gasteiger partial charge in [-0.25, -0.2) is 0 Å². The number of nitrogens with two attached hydrogens (primary N) is 1. The van der Waals surface area contributed by atoms with Crippen LogP contribution in [0.3, 0.4) is 0 Å².